The summed E-state index contributed by atoms with van der Waals surface area (Å²) in [5.41, 5.74) is 2.64. The Bertz CT molecular complexity index is 545. The number of hydrogen-bond donors (Lipinski definition) is 0. The van der Waals surface area contributed by atoms with Gasteiger partial charge in [-0.3, -0.25) is 4.79 Å². The van der Waals surface area contributed by atoms with Gasteiger partial charge >= 0.3 is 0 Å². The number of nitrogens with zero attached hydrogens (tertiary/aromatic N) is 1. The van der Waals surface area contributed by atoms with E-state index >= 15 is 0 Å². The van der Waals surface area contributed by atoms with Crippen molar-refractivity contribution >= 4 is 27.5 Å². The van der Waals surface area contributed by atoms with Gasteiger partial charge in [0.2, 0.25) is 0 Å². The maximum absolute atomic E-state index is 12.2. The number of carbonyl (C=O) groups excluding carboxylic acids is 1. The van der Waals surface area contributed by atoms with Crippen molar-refractivity contribution in [3.63, 3.8) is 0 Å². The second kappa shape index (κ2) is 5.40. The van der Waals surface area contributed by atoms with Crippen LogP contribution in [-0.4, -0.2) is 13.0 Å². The Morgan fingerprint density at radius 3 is 2.44 bits per heavy atom. The molecule has 3 nitrogen and oxygen atoms in total. The van der Waals surface area contributed by atoms with Crippen molar-refractivity contribution in [1.82, 2.24) is 0 Å². The lowest BCUT2D eigenvalue weighted by Gasteiger charge is -2.17. The van der Waals surface area contributed by atoms with E-state index in [1.54, 1.807) is 18.0 Å². The van der Waals surface area contributed by atoms with Gasteiger partial charge in [0.05, 0.1) is 11.8 Å². The van der Waals surface area contributed by atoms with E-state index in [-0.39, 0.29) is 5.91 Å². The van der Waals surface area contributed by atoms with Gasteiger partial charge in [0.1, 0.15) is 0 Å². The Balaban J connectivity index is 2.23. The summed E-state index contributed by atoms with van der Waals surface area (Å²) in [6.07, 6.45) is 2.48. The highest BCUT2D eigenvalue weighted by Crippen LogP contribution is 2.22. The molecular formula is C14H14BrNO2. The molecule has 18 heavy (non-hydrogen) atoms. The van der Waals surface area contributed by atoms with Crippen LogP contribution in [0.4, 0.5) is 5.69 Å². The topological polar surface area (TPSA) is 33.5 Å². The van der Waals surface area contributed by atoms with Crippen LogP contribution in [0.15, 0.2) is 45.7 Å². The fourth-order valence-electron chi connectivity index (χ4n) is 1.70. The van der Waals surface area contributed by atoms with Gasteiger partial charge in [-0.2, -0.15) is 0 Å². The highest BCUT2D eigenvalue weighted by molar-refractivity contribution is 9.10. The molecule has 1 heterocycles. The van der Waals surface area contributed by atoms with Crippen LogP contribution in [0.3, 0.4) is 0 Å². The van der Waals surface area contributed by atoms with Crippen LogP contribution in [-0.2, 0) is 6.42 Å². The third-order valence-electron chi connectivity index (χ3n) is 2.88. The maximum Gasteiger partial charge on any atom is 0.262 e. The predicted octanol–water partition coefficient (Wildman–Crippen LogP) is 3.88. The Labute approximate surface area is 115 Å². The Kier molecular flexibility index (Phi) is 3.87. The molecule has 0 unspecified atom stereocenters. The molecule has 0 fully saturated rings. The molecule has 0 saturated heterocycles. The van der Waals surface area contributed by atoms with Gasteiger partial charge in [-0.05, 0) is 46.1 Å². The molecule has 0 saturated carbocycles. The fourth-order valence-corrected chi connectivity index (χ4v) is 2.11. The van der Waals surface area contributed by atoms with Crippen LogP contribution in [0, 0.1) is 0 Å². The van der Waals surface area contributed by atoms with Crippen LogP contribution in [0.5, 0.6) is 0 Å². The van der Waals surface area contributed by atoms with Crippen molar-refractivity contribution in [3.05, 3.63) is 52.4 Å². The van der Waals surface area contributed by atoms with E-state index in [1.807, 2.05) is 24.3 Å². The van der Waals surface area contributed by atoms with Crippen LogP contribution >= 0.6 is 15.9 Å². The summed E-state index contributed by atoms with van der Waals surface area (Å²) in [4.78, 5) is 13.8. The average molecular weight is 308 g/mol. The molecule has 1 amide bonds. The molecule has 2 rings (SSSR count). The summed E-state index contributed by atoms with van der Waals surface area (Å²) in [6, 6.07) is 9.62. The van der Waals surface area contributed by atoms with Crippen LogP contribution in [0.1, 0.15) is 22.8 Å². The number of rotatable bonds is 3. The minimum absolute atomic E-state index is 0.0973. The number of aryl methyl sites for hydroxylation is 1. The first-order valence-corrected chi connectivity index (χ1v) is 6.52. The summed E-state index contributed by atoms with van der Waals surface area (Å²) in [5.74, 6) is -0.0973. The van der Waals surface area contributed by atoms with Gasteiger partial charge in [-0.15, -0.1) is 0 Å². The quantitative estimate of drug-likeness (QED) is 0.862. The van der Waals surface area contributed by atoms with E-state index in [9.17, 15) is 4.79 Å². The van der Waals surface area contributed by atoms with Crippen LogP contribution < -0.4 is 4.90 Å². The highest BCUT2D eigenvalue weighted by atomic mass is 79.9. The Hall–Kier alpha value is -1.55. The zero-order valence-corrected chi connectivity index (χ0v) is 11.9. The number of carbonyl (C=O) groups is 1. The molecule has 0 aliphatic heterocycles. The molecule has 0 spiro atoms. The van der Waals surface area contributed by atoms with Crippen molar-refractivity contribution < 1.29 is 9.21 Å². The lowest BCUT2D eigenvalue weighted by Crippen LogP contribution is -2.26. The highest BCUT2D eigenvalue weighted by Gasteiger charge is 2.18. The van der Waals surface area contributed by atoms with Gasteiger partial charge in [0.15, 0.2) is 4.67 Å². The lowest BCUT2D eigenvalue weighted by atomic mass is 10.1. The molecule has 2 aromatic rings. The monoisotopic (exact) mass is 307 g/mol. The van der Waals surface area contributed by atoms with E-state index < -0.39 is 0 Å². The summed E-state index contributed by atoms with van der Waals surface area (Å²) in [6.45, 7) is 2.10. The zero-order valence-electron chi connectivity index (χ0n) is 10.3. The fraction of sp³-hybridized carbons (Fsp3) is 0.214. The number of amides is 1. The van der Waals surface area contributed by atoms with Crippen molar-refractivity contribution in [2.75, 3.05) is 11.9 Å². The zero-order chi connectivity index (χ0) is 13.1. The number of furan rings is 1. The number of hydrogen-bond acceptors (Lipinski definition) is 2. The number of anilines is 1. The van der Waals surface area contributed by atoms with E-state index in [1.165, 1.54) is 11.8 Å². The predicted molar refractivity (Wildman–Crippen MR) is 75.0 cm³/mol. The molecule has 1 aromatic carbocycles. The molecule has 1 aromatic heterocycles. The molecule has 0 aliphatic rings. The first kappa shape index (κ1) is 12.9. The van der Waals surface area contributed by atoms with E-state index in [2.05, 4.69) is 22.9 Å². The molecule has 94 valence electrons. The molecule has 0 radical (unpaired) electrons. The third kappa shape index (κ3) is 2.48. The van der Waals surface area contributed by atoms with Crippen molar-refractivity contribution in [2.24, 2.45) is 0 Å². The Morgan fingerprint density at radius 1 is 1.28 bits per heavy atom. The smallest absolute Gasteiger partial charge is 0.262 e. The number of halogens is 1. The van der Waals surface area contributed by atoms with Crippen molar-refractivity contribution in [1.29, 1.82) is 0 Å². The second-order valence-corrected chi connectivity index (χ2v) is 4.71. The molecule has 4 heteroatoms. The van der Waals surface area contributed by atoms with Gasteiger partial charge in [0.25, 0.3) is 5.91 Å². The first-order chi connectivity index (χ1) is 8.63. The first-order valence-electron chi connectivity index (χ1n) is 5.73. The largest absolute Gasteiger partial charge is 0.457 e. The molecule has 0 atom stereocenters. The van der Waals surface area contributed by atoms with Crippen molar-refractivity contribution in [3.8, 4) is 0 Å². The van der Waals surface area contributed by atoms with E-state index in [4.69, 9.17) is 4.42 Å². The minimum atomic E-state index is -0.0973. The van der Waals surface area contributed by atoms with Gasteiger partial charge in [-0.25, -0.2) is 0 Å². The SMILES string of the molecule is CCc1ccc(N(C)C(=O)c2ccoc2Br)cc1. The molecule has 0 aliphatic carbocycles. The van der Waals surface area contributed by atoms with Crippen LogP contribution in [0.25, 0.3) is 0 Å². The summed E-state index contributed by atoms with van der Waals surface area (Å²) >= 11 is 3.22. The maximum atomic E-state index is 12.2. The van der Waals surface area contributed by atoms with E-state index in [0.29, 0.717) is 10.2 Å². The van der Waals surface area contributed by atoms with Gasteiger partial charge in [-0.1, -0.05) is 19.1 Å². The number of benzene rings is 1. The molecule has 0 bridgehead atoms. The summed E-state index contributed by atoms with van der Waals surface area (Å²) in [5, 5.41) is 0. The van der Waals surface area contributed by atoms with Gasteiger partial charge < -0.3 is 9.32 Å². The normalized spacial score (nSPS) is 10.4. The third-order valence-corrected chi connectivity index (χ3v) is 3.50. The standard InChI is InChI=1S/C14H14BrNO2/c1-3-10-4-6-11(7-5-10)16(2)14(17)12-8-9-18-13(12)15/h4-9H,3H2,1-2H3. The van der Waals surface area contributed by atoms with Crippen LogP contribution in [0.2, 0.25) is 0 Å². The second-order valence-electron chi connectivity index (χ2n) is 3.99. The van der Waals surface area contributed by atoms with Crippen molar-refractivity contribution in [2.45, 2.75) is 13.3 Å². The summed E-state index contributed by atoms with van der Waals surface area (Å²) in [7, 11) is 1.75. The van der Waals surface area contributed by atoms with Gasteiger partial charge in [0, 0.05) is 12.7 Å². The Morgan fingerprint density at radius 2 is 1.94 bits per heavy atom. The minimum Gasteiger partial charge on any atom is -0.457 e. The lowest BCUT2D eigenvalue weighted by molar-refractivity contribution is 0.0991. The molecular weight excluding hydrogens is 294 g/mol. The average Bonchev–Trinajstić information content (AvgIpc) is 2.83. The van der Waals surface area contributed by atoms with E-state index in [0.717, 1.165) is 12.1 Å². The summed E-state index contributed by atoms with van der Waals surface area (Å²) < 4.78 is 5.54. The molecule has 0 N–H and O–H groups in total.